The molecule has 3 heterocycles. The van der Waals surface area contributed by atoms with E-state index in [4.69, 9.17) is 19.2 Å². The predicted molar refractivity (Wildman–Crippen MR) is 123 cm³/mol. The number of amides is 1. The third-order valence-corrected chi connectivity index (χ3v) is 6.45. The van der Waals surface area contributed by atoms with Gasteiger partial charge in [0.2, 0.25) is 6.10 Å². The van der Waals surface area contributed by atoms with E-state index in [9.17, 15) is 4.79 Å². The van der Waals surface area contributed by atoms with Crippen LogP contribution in [0, 0.1) is 6.92 Å². The van der Waals surface area contributed by atoms with E-state index in [1.165, 1.54) is 11.3 Å². The molecule has 162 valence electrons. The Balaban J connectivity index is 1.53. The molecule has 0 radical (unpaired) electrons. The summed E-state index contributed by atoms with van der Waals surface area (Å²) in [5, 5.41) is 0.561. The molecule has 4 aromatic rings. The number of carbonyl (C=O) groups is 1. The molecule has 2 aromatic carbocycles. The lowest BCUT2D eigenvalue weighted by Gasteiger charge is -2.29. The van der Waals surface area contributed by atoms with Gasteiger partial charge >= 0.3 is 0 Å². The first-order chi connectivity index (χ1) is 15.6. The molecule has 1 unspecified atom stereocenters. The summed E-state index contributed by atoms with van der Waals surface area (Å²) < 4.78 is 18.2. The molecule has 0 saturated carbocycles. The number of pyridine rings is 1. The number of ether oxygens (including phenoxy) is 3. The second-order valence-corrected chi connectivity index (χ2v) is 8.35. The Labute approximate surface area is 189 Å². The lowest BCUT2D eigenvalue weighted by Crippen LogP contribution is -2.46. The van der Waals surface area contributed by atoms with Crippen LogP contribution in [0.25, 0.3) is 10.2 Å². The summed E-state index contributed by atoms with van der Waals surface area (Å²) in [5.41, 5.74) is 2.55. The molecule has 7 nitrogen and oxygen atoms in total. The number of hydrogen-bond acceptors (Lipinski definition) is 7. The van der Waals surface area contributed by atoms with E-state index in [-0.39, 0.29) is 19.1 Å². The maximum Gasteiger partial charge on any atom is 0.273 e. The Bertz CT molecular complexity index is 1270. The second kappa shape index (κ2) is 8.47. The van der Waals surface area contributed by atoms with E-state index < -0.39 is 6.10 Å². The largest absolute Gasteiger partial charge is 0.494 e. The van der Waals surface area contributed by atoms with Crippen LogP contribution in [-0.4, -0.2) is 35.7 Å². The molecule has 2 aromatic heterocycles. The van der Waals surface area contributed by atoms with Crippen LogP contribution < -0.4 is 19.1 Å². The maximum absolute atomic E-state index is 13.7. The highest BCUT2D eigenvalue weighted by atomic mass is 32.1. The van der Waals surface area contributed by atoms with Crippen molar-refractivity contribution >= 4 is 32.6 Å². The highest BCUT2D eigenvalue weighted by Crippen LogP contribution is 2.38. The van der Waals surface area contributed by atoms with Crippen molar-refractivity contribution < 1.29 is 19.0 Å². The zero-order valence-corrected chi connectivity index (χ0v) is 18.5. The number of anilines is 1. The van der Waals surface area contributed by atoms with Gasteiger partial charge in [-0.1, -0.05) is 35.6 Å². The topological polar surface area (TPSA) is 73.8 Å². The van der Waals surface area contributed by atoms with Crippen molar-refractivity contribution in [3.05, 3.63) is 72.1 Å². The van der Waals surface area contributed by atoms with Crippen molar-refractivity contribution in [3.63, 3.8) is 0 Å². The minimum Gasteiger partial charge on any atom is -0.494 e. The summed E-state index contributed by atoms with van der Waals surface area (Å²) in [6.45, 7) is 2.41. The van der Waals surface area contributed by atoms with Gasteiger partial charge in [-0.3, -0.25) is 14.7 Å². The summed E-state index contributed by atoms with van der Waals surface area (Å²) in [7, 11) is 1.62. The smallest absolute Gasteiger partial charge is 0.273 e. The summed E-state index contributed by atoms with van der Waals surface area (Å²) in [4.78, 5) is 24.5. The number of thiazole rings is 1. The normalized spacial score (nSPS) is 14.9. The van der Waals surface area contributed by atoms with E-state index in [1.54, 1.807) is 24.3 Å². The monoisotopic (exact) mass is 447 g/mol. The molecule has 0 spiro atoms. The molecule has 32 heavy (non-hydrogen) atoms. The fraction of sp³-hybridized carbons (Fsp3) is 0.208. The number of nitrogens with zero attached hydrogens (tertiary/aromatic N) is 3. The van der Waals surface area contributed by atoms with Gasteiger partial charge in [-0.2, -0.15) is 0 Å². The Kier molecular flexibility index (Phi) is 5.36. The van der Waals surface area contributed by atoms with E-state index >= 15 is 0 Å². The number of fused-ring (bicyclic) bond motifs is 2. The number of hydrogen-bond donors (Lipinski definition) is 0. The van der Waals surface area contributed by atoms with Crippen LogP contribution in [0.5, 0.6) is 17.2 Å². The van der Waals surface area contributed by atoms with Crippen LogP contribution in [0.3, 0.4) is 0 Å². The lowest BCUT2D eigenvalue weighted by molar-refractivity contribution is -0.127. The molecular formula is C24H21N3O4S. The quantitative estimate of drug-likeness (QED) is 0.452. The fourth-order valence-corrected chi connectivity index (χ4v) is 4.64. The van der Waals surface area contributed by atoms with Gasteiger partial charge in [-0.05, 0) is 42.8 Å². The molecule has 0 fully saturated rings. The van der Waals surface area contributed by atoms with Crippen LogP contribution in [0.4, 0.5) is 5.13 Å². The number of aryl methyl sites for hydroxylation is 1. The summed E-state index contributed by atoms with van der Waals surface area (Å²) in [5.74, 6) is 1.62. The Morgan fingerprint density at radius 3 is 2.75 bits per heavy atom. The van der Waals surface area contributed by atoms with Crippen molar-refractivity contribution in [2.24, 2.45) is 0 Å². The average Bonchev–Trinajstić information content (AvgIpc) is 3.29. The zero-order valence-electron chi connectivity index (χ0n) is 17.6. The first kappa shape index (κ1) is 20.3. The first-order valence-corrected chi connectivity index (χ1v) is 11.0. The van der Waals surface area contributed by atoms with Gasteiger partial charge in [-0.25, -0.2) is 4.98 Å². The van der Waals surface area contributed by atoms with Crippen LogP contribution in [0.1, 0.15) is 11.3 Å². The van der Waals surface area contributed by atoms with Crippen molar-refractivity contribution in [1.29, 1.82) is 0 Å². The third-order valence-electron chi connectivity index (χ3n) is 5.24. The van der Waals surface area contributed by atoms with Crippen LogP contribution in [0.2, 0.25) is 0 Å². The predicted octanol–water partition coefficient (Wildman–Crippen LogP) is 4.38. The summed E-state index contributed by atoms with van der Waals surface area (Å²) >= 11 is 1.45. The first-order valence-electron chi connectivity index (χ1n) is 10.2. The van der Waals surface area contributed by atoms with Gasteiger partial charge < -0.3 is 14.2 Å². The van der Waals surface area contributed by atoms with E-state index in [0.717, 1.165) is 21.5 Å². The second-order valence-electron chi connectivity index (χ2n) is 7.37. The van der Waals surface area contributed by atoms with Gasteiger partial charge in [0.15, 0.2) is 16.6 Å². The lowest BCUT2D eigenvalue weighted by atomic mass is 10.2. The molecule has 0 saturated heterocycles. The zero-order chi connectivity index (χ0) is 22.1. The molecule has 0 aliphatic carbocycles. The number of methoxy groups -OCH3 is 1. The van der Waals surface area contributed by atoms with E-state index in [2.05, 4.69) is 4.98 Å². The molecule has 0 N–H and O–H groups in total. The SMILES string of the molecule is COc1ccc(C)c2sc(N(Cc3ccccn3)C(=O)C3COc4ccccc4O3)nc12. The Morgan fingerprint density at radius 1 is 1.16 bits per heavy atom. The van der Waals surface area contributed by atoms with E-state index in [1.807, 2.05) is 55.5 Å². The van der Waals surface area contributed by atoms with Crippen molar-refractivity contribution in [2.75, 3.05) is 18.6 Å². The van der Waals surface area contributed by atoms with Crippen LogP contribution in [-0.2, 0) is 11.3 Å². The van der Waals surface area contributed by atoms with Crippen LogP contribution >= 0.6 is 11.3 Å². The highest BCUT2D eigenvalue weighted by molar-refractivity contribution is 7.22. The number of aromatic nitrogens is 2. The molecular weight excluding hydrogens is 426 g/mol. The van der Waals surface area contributed by atoms with Crippen molar-refractivity contribution in [3.8, 4) is 17.2 Å². The van der Waals surface area contributed by atoms with Gasteiger partial charge in [0, 0.05) is 6.20 Å². The molecule has 1 atom stereocenters. The molecule has 1 amide bonds. The molecule has 5 rings (SSSR count). The summed E-state index contributed by atoms with van der Waals surface area (Å²) in [6, 6.07) is 16.8. The van der Waals surface area contributed by atoms with Crippen molar-refractivity contribution in [2.45, 2.75) is 19.6 Å². The molecule has 1 aliphatic rings. The number of benzene rings is 2. The Hall–Kier alpha value is -3.65. The van der Waals surface area contributed by atoms with Gasteiger partial charge in [0.25, 0.3) is 5.91 Å². The third kappa shape index (κ3) is 3.73. The summed E-state index contributed by atoms with van der Waals surface area (Å²) in [6.07, 6.45) is 0.920. The van der Waals surface area contributed by atoms with Gasteiger partial charge in [0.1, 0.15) is 17.9 Å². The van der Waals surface area contributed by atoms with Crippen LogP contribution in [0.15, 0.2) is 60.8 Å². The highest BCUT2D eigenvalue weighted by Gasteiger charge is 2.33. The molecule has 0 bridgehead atoms. The Morgan fingerprint density at radius 2 is 1.97 bits per heavy atom. The number of carbonyl (C=O) groups excluding carboxylic acids is 1. The molecule has 8 heteroatoms. The average molecular weight is 448 g/mol. The molecule has 1 aliphatic heterocycles. The number of para-hydroxylation sites is 2. The van der Waals surface area contributed by atoms with E-state index in [0.29, 0.717) is 22.4 Å². The number of rotatable bonds is 5. The van der Waals surface area contributed by atoms with Gasteiger partial charge in [0.05, 0.1) is 24.0 Å². The van der Waals surface area contributed by atoms with Gasteiger partial charge in [-0.15, -0.1) is 0 Å². The fourth-order valence-electron chi connectivity index (χ4n) is 3.59. The van der Waals surface area contributed by atoms with Crippen molar-refractivity contribution in [1.82, 2.24) is 9.97 Å². The standard InChI is InChI=1S/C24H21N3O4S/c1-15-10-11-19(29-2)21-22(15)32-24(26-21)27(13-16-7-5-6-12-25-16)23(28)20-14-30-17-8-3-4-9-18(17)31-20/h3-12,20H,13-14H2,1-2H3. The minimum atomic E-state index is -0.788. The maximum atomic E-state index is 13.7. The minimum absolute atomic E-state index is 0.127.